The van der Waals surface area contributed by atoms with Crippen molar-refractivity contribution in [1.82, 2.24) is 0 Å². The van der Waals surface area contributed by atoms with Gasteiger partial charge in [0.15, 0.2) is 0 Å². The summed E-state index contributed by atoms with van der Waals surface area (Å²) in [5, 5.41) is 27.9. The molecule has 0 aliphatic heterocycles. The highest BCUT2D eigenvalue weighted by Crippen LogP contribution is 1.43. The molecule has 0 saturated heterocycles. The first-order valence-corrected chi connectivity index (χ1v) is 3.75. The number of hydrogen-bond donors (Lipinski definition) is 6. The van der Waals surface area contributed by atoms with E-state index in [2.05, 4.69) is 13.2 Å². The van der Waals surface area contributed by atoms with Gasteiger partial charge in [0.05, 0.1) is 0 Å². The minimum atomic E-state index is -1.83. The van der Waals surface area contributed by atoms with E-state index < -0.39 is 12.3 Å². The zero-order valence-corrected chi connectivity index (χ0v) is 8.74. The summed E-state index contributed by atoms with van der Waals surface area (Å²) in [6.45, 7) is 7.87. The molecule has 0 spiro atoms. The Kier molecular flexibility index (Phi) is 43.2. The van der Waals surface area contributed by atoms with Crippen molar-refractivity contribution in [2.24, 2.45) is 11.5 Å². The SMILES string of the molecule is C=CCN.C=CCN.O=C(O)O.O=C(O)O. The van der Waals surface area contributed by atoms with E-state index >= 15 is 0 Å². The van der Waals surface area contributed by atoms with Crippen molar-refractivity contribution in [2.45, 2.75) is 0 Å². The average molecular weight is 238 g/mol. The minimum absolute atomic E-state index is 0.583. The van der Waals surface area contributed by atoms with Gasteiger partial charge >= 0.3 is 12.3 Å². The van der Waals surface area contributed by atoms with Crippen molar-refractivity contribution >= 4 is 12.3 Å². The molecule has 0 heterocycles. The average Bonchev–Trinajstić information content (AvgIpc) is 2.16. The second-order valence-electron chi connectivity index (χ2n) is 1.61. The highest BCUT2D eigenvalue weighted by atomic mass is 16.6. The summed E-state index contributed by atoms with van der Waals surface area (Å²) in [4.78, 5) is 17.1. The topological polar surface area (TPSA) is 167 Å². The molecule has 0 saturated carbocycles. The lowest BCUT2D eigenvalue weighted by atomic mass is 10.7. The Bertz CT molecular complexity index is 155. The van der Waals surface area contributed by atoms with E-state index in [0.717, 1.165) is 0 Å². The van der Waals surface area contributed by atoms with Crippen LogP contribution in [-0.2, 0) is 0 Å². The second kappa shape index (κ2) is 29.3. The largest absolute Gasteiger partial charge is 0.503 e. The number of rotatable bonds is 2. The molecule has 0 aromatic rings. The zero-order valence-electron chi connectivity index (χ0n) is 8.74. The molecule has 8 nitrogen and oxygen atoms in total. The van der Waals surface area contributed by atoms with Crippen molar-refractivity contribution in [1.29, 1.82) is 0 Å². The first-order chi connectivity index (χ1) is 7.29. The van der Waals surface area contributed by atoms with Crippen molar-refractivity contribution in [2.75, 3.05) is 13.1 Å². The summed E-state index contributed by atoms with van der Waals surface area (Å²) < 4.78 is 0. The fourth-order valence-electron chi connectivity index (χ4n) is 0. The van der Waals surface area contributed by atoms with Gasteiger partial charge in [-0.05, 0) is 0 Å². The van der Waals surface area contributed by atoms with Gasteiger partial charge in [0.2, 0.25) is 0 Å². The Morgan fingerprint density at radius 2 is 0.938 bits per heavy atom. The minimum Gasteiger partial charge on any atom is -0.450 e. The van der Waals surface area contributed by atoms with Crippen molar-refractivity contribution < 1.29 is 30.0 Å². The quantitative estimate of drug-likeness (QED) is 0.382. The van der Waals surface area contributed by atoms with E-state index in [-0.39, 0.29) is 0 Å². The van der Waals surface area contributed by atoms with Gasteiger partial charge in [0.25, 0.3) is 0 Å². The maximum Gasteiger partial charge on any atom is 0.503 e. The lowest BCUT2D eigenvalue weighted by Gasteiger charge is -1.61. The van der Waals surface area contributed by atoms with E-state index in [1.165, 1.54) is 0 Å². The molecule has 0 aromatic heterocycles. The predicted octanol–water partition coefficient (Wildman–Crippen LogP) is 0.707. The Labute approximate surface area is 93.1 Å². The Hall–Kier alpha value is -2.06. The van der Waals surface area contributed by atoms with Crippen LogP contribution in [0.1, 0.15) is 0 Å². The Balaban J connectivity index is -0.0000000600. The van der Waals surface area contributed by atoms with Gasteiger partial charge in [-0.25, -0.2) is 9.59 Å². The number of hydrogen-bond acceptors (Lipinski definition) is 4. The molecule has 16 heavy (non-hydrogen) atoms. The van der Waals surface area contributed by atoms with Crippen LogP contribution in [0.3, 0.4) is 0 Å². The third kappa shape index (κ3) is 397000. The maximum atomic E-state index is 8.56. The molecule has 96 valence electrons. The van der Waals surface area contributed by atoms with Gasteiger partial charge in [-0.2, -0.15) is 0 Å². The predicted molar refractivity (Wildman–Crippen MR) is 59.8 cm³/mol. The van der Waals surface area contributed by atoms with Gasteiger partial charge in [0, 0.05) is 13.1 Å². The van der Waals surface area contributed by atoms with Crippen LogP contribution in [0.5, 0.6) is 0 Å². The third-order valence-electron chi connectivity index (χ3n) is 0.333. The summed E-state index contributed by atoms with van der Waals surface area (Å²) in [6.07, 6.45) is -0.361. The van der Waals surface area contributed by atoms with E-state index in [4.69, 9.17) is 41.5 Å². The third-order valence-corrected chi connectivity index (χ3v) is 0.333. The number of nitrogens with two attached hydrogens (primary N) is 2. The standard InChI is InChI=1S/2C3H7N.2CH2O3/c2*1-2-3-4;2*2-1(3)4/h2*2H,1,3-4H2;2*(H2,2,3,4). The van der Waals surface area contributed by atoms with E-state index in [0.29, 0.717) is 13.1 Å². The molecular formula is C8H18N2O6. The molecule has 0 atom stereocenters. The fourth-order valence-corrected chi connectivity index (χ4v) is 0. The monoisotopic (exact) mass is 238 g/mol. The van der Waals surface area contributed by atoms with E-state index in [1.54, 1.807) is 12.2 Å². The van der Waals surface area contributed by atoms with Crippen LogP contribution < -0.4 is 11.5 Å². The van der Waals surface area contributed by atoms with Gasteiger partial charge in [-0.1, -0.05) is 12.2 Å². The molecule has 8 heteroatoms. The van der Waals surface area contributed by atoms with Crippen LogP contribution in [0.4, 0.5) is 9.59 Å². The summed E-state index contributed by atoms with van der Waals surface area (Å²) >= 11 is 0. The molecule has 0 bridgehead atoms. The summed E-state index contributed by atoms with van der Waals surface area (Å²) in [5.41, 5.74) is 9.82. The number of carbonyl (C=O) groups is 2. The highest BCUT2D eigenvalue weighted by Gasteiger charge is 1.70. The van der Waals surface area contributed by atoms with Gasteiger partial charge in [0.1, 0.15) is 0 Å². The second-order valence-corrected chi connectivity index (χ2v) is 1.61. The van der Waals surface area contributed by atoms with Gasteiger partial charge in [-0.3, -0.25) is 0 Å². The molecule has 0 fully saturated rings. The lowest BCUT2D eigenvalue weighted by molar-refractivity contribution is 0.135. The van der Waals surface area contributed by atoms with Crippen LogP contribution >= 0.6 is 0 Å². The van der Waals surface area contributed by atoms with Crippen LogP contribution in [-0.4, -0.2) is 45.8 Å². The molecule has 0 aliphatic carbocycles. The zero-order chi connectivity index (χ0) is 14.0. The van der Waals surface area contributed by atoms with Crippen molar-refractivity contribution in [3.63, 3.8) is 0 Å². The molecule has 0 radical (unpaired) electrons. The smallest absolute Gasteiger partial charge is 0.450 e. The van der Waals surface area contributed by atoms with Gasteiger partial charge in [-0.15, -0.1) is 13.2 Å². The van der Waals surface area contributed by atoms with E-state index in [1.807, 2.05) is 0 Å². The van der Waals surface area contributed by atoms with Gasteiger partial charge < -0.3 is 31.9 Å². The van der Waals surface area contributed by atoms with Crippen molar-refractivity contribution in [3.8, 4) is 0 Å². The Morgan fingerprint density at radius 1 is 0.875 bits per heavy atom. The summed E-state index contributed by atoms with van der Waals surface area (Å²) in [5.74, 6) is 0. The molecule has 0 aliphatic rings. The molecule has 0 rings (SSSR count). The van der Waals surface area contributed by atoms with Crippen molar-refractivity contribution in [3.05, 3.63) is 25.3 Å². The Morgan fingerprint density at radius 3 is 0.938 bits per heavy atom. The molecule has 8 N–H and O–H groups in total. The normalized spacial score (nSPS) is 6.12. The number of carboxylic acid groups (broad SMARTS) is 4. The van der Waals surface area contributed by atoms with Crippen LogP contribution in [0.2, 0.25) is 0 Å². The van der Waals surface area contributed by atoms with Crippen LogP contribution in [0, 0.1) is 0 Å². The van der Waals surface area contributed by atoms with Crippen LogP contribution in [0.15, 0.2) is 25.3 Å². The fraction of sp³-hybridized carbons (Fsp3) is 0.250. The first-order valence-electron chi connectivity index (χ1n) is 3.75. The maximum absolute atomic E-state index is 8.56. The molecule has 0 aromatic carbocycles. The lowest BCUT2D eigenvalue weighted by Crippen LogP contribution is -1.90. The first kappa shape index (κ1) is 23.6. The van der Waals surface area contributed by atoms with Crippen LogP contribution in [0.25, 0.3) is 0 Å². The highest BCUT2D eigenvalue weighted by molar-refractivity contribution is 5.53. The molecule has 0 unspecified atom stereocenters. The molecule has 0 amide bonds. The van der Waals surface area contributed by atoms with E-state index in [9.17, 15) is 0 Å². The summed E-state index contributed by atoms with van der Waals surface area (Å²) in [6, 6.07) is 0. The molecular weight excluding hydrogens is 220 g/mol. The summed E-state index contributed by atoms with van der Waals surface area (Å²) in [7, 11) is 0.